The van der Waals surface area contributed by atoms with Crippen LogP contribution >= 0.6 is 0 Å². The number of hydrogen-bond donors (Lipinski definition) is 0. The van der Waals surface area contributed by atoms with Crippen LogP contribution in [0.4, 0.5) is 5.69 Å². The molecule has 0 unspecified atom stereocenters. The van der Waals surface area contributed by atoms with Crippen LogP contribution < -0.4 is 27.5 Å². The molecule has 0 aliphatic heterocycles. The minimum absolute atomic E-state index is 0. The zero-order valence-electron chi connectivity index (χ0n) is 17.3. The van der Waals surface area contributed by atoms with Gasteiger partial charge in [-0.05, 0) is 44.2 Å². The standard InChI is InChI=1S/C23H26N3O2.ClH/c1-5-26(6-2)18-12-11-16-13-17(23(27)28-21(16)15-18)14-22-24(3)19-9-7-8-10-20(19)25(22)4;/h7-13,15H,5-6,14H2,1-4H3;1H/q+1;/p-1. The second kappa shape index (κ2) is 8.29. The molecule has 4 rings (SSSR count). The van der Waals surface area contributed by atoms with Gasteiger partial charge in [-0.15, -0.1) is 0 Å². The van der Waals surface area contributed by atoms with Crippen molar-refractivity contribution < 1.29 is 21.4 Å². The predicted molar refractivity (Wildman–Crippen MR) is 113 cm³/mol. The van der Waals surface area contributed by atoms with E-state index in [1.165, 1.54) is 0 Å². The summed E-state index contributed by atoms with van der Waals surface area (Å²) in [5.41, 5.74) is 4.41. The SMILES string of the molecule is CCN(CC)c1ccc2cc(Cc3n(C)c4ccccc4[n+]3C)c(=O)oc2c1.[Cl-]. The summed E-state index contributed by atoms with van der Waals surface area (Å²) in [6, 6.07) is 16.3. The van der Waals surface area contributed by atoms with Gasteiger partial charge < -0.3 is 21.7 Å². The van der Waals surface area contributed by atoms with Crippen LogP contribution in [0.25, 0.3) is 22.0 Å². The second-order valence-electron chi connectivity index (χ2n) is 7.15. The number of rotatable bonds is 5. The number of aromatic nitrogens is 2. The van der Waals surface area contributed by atoms with Gasteiger partial charge in [-0.25, -0.2) is 13.9 Å². The Morgan fingerprint density at radius 2 is 1.79 bits per heavy atom. The molecule has 2 aromatic heterocycles. The van der Waals surface area contributed by atoms with Gasteiger partial charge in [-0.1, -0.05) is 12.1 Å². The van der Waals surface area contributed by atoms with Gasteiger partial charge in [-0.2, -0.15) is 0 Å². The second-order valence-corrected chi connectivity index (χ2v) is 7.15. The number of anilines is 1. The van der Waals surface area contributed by atoms with Crippen LogP contribution in [0, 0.1) is 0 Å². The lowest BCUT2D eigenvalue weighted by Crippen LogP contribution is -3.00. The molecule has 2 heterocycles. The van der Waals surface area contributed by atoms with Crippen molar-refractivity contribution in [3.8, 4) is 0 Å². The van der Waals surface area contributed by atoms with E-state index < -0.39 is 0 Å². The van der Waals surface area contributed by atoms with Crippen LogP contribution in [0.5, 0.6) is 0 Å². The number of aryl methyl sites for hydroxylation is 2. The van der Waals surface area contributed by atoms with E-state index in [4.69, 9.17) is 4.42 Å². The molecule has 0 fully saturated rings. The van der Waals surface area contributed by atoms with E-state index in [0.717, 1.165) is 41.0 Å². The molecule has 0 bridgehead atoms. The van der Waals surface area contributed by atoms with Crippen molar-refractivity contribution in [2.24, 2.45) is 14.1 Å². The van der Waals surface area contributed by atoms with Gasteiger partial charge in [0.15, 0.2) is 11.0 Å². The predicted octanol–water partition coefficient (Wildman–Crippen LogP) is 0.550. The number of imidazole rings is 1. The molecule has 0 radical (unpaired) electrons. The molecule has 2 aromatic carbocycles. The Morgan fingerprint density at radius 1 is 1.07 bits per heavy atom. The maximum atomic E-state index is 12.7. The molecule has 0 atom stereocenters. The first kappa shape index (κ1) is 20.9. The van der Waals surface area contributed by atoms with E-state index in [1.807, 2.05) is 44.4 Å². The number of hydrogen-bond acceptors (Lipinski definition) is 3. The molecular weight excluding hydrogens is 386 g/mol. The van der Waals surface area contributed by atoms with Crippen LogP contribution in [-0.4, -0.2) is 17.7 Å². The van der Waals surface area contributed by atoms with Gasteiger partial charge in [-0.3, -0.25) is 0 Å². The molecule has 0 saturated carbocycles. The lowest BCUT2D eigenvalue weighted by Gasteiger charge is -2.21. The first-order chi connectivity index (χ1) is 13.5. The van der Waals surface area contributed by atoms with Gasteiger partial charge in [0.2, 0.25) is 0 Å². The largest absolute Gasteiger partial charge is 1.00 e. The number of fused-ring (bicyclic) bond motifs is 2. The van der Waals surface area contributed by atoms with Crippen LogP contribution in [0.1, 0.15) is 25.2 Å². The molecule has 4 aromatic rings. The van der Waals surface area contributed by atoms with Gasteiger partial charge in [0, 0.05) is 30.2 Å². The summed E-state index contributed by atoms with van der Waals surface area (Å²) in [6.45, 7) is 6.08. The third kappa shape index (κ3) is 3.62. The van der Waals surface area contributed by atoms with E-state index in [2.05, 4.69) is 46.1 Å². The van der Waals surface area contributed by atoms with Crippen molar-refractivity contribution in [3.05, 3.63) is 70.3 Å². The number of halogens is 1. The van der Waals surface area contributed by atoms with Crippen molar-refractivity contribution in [2.75, 3.05) is 18.0 Å². The van der Waals surface area contributed by atoms with E-state index in [0.29, 0.717) is 17.6 Å². The van der Waals surface area contributed by atoms with E-state index >= 15 is 0 Å². The molecule has 0 amide bonds. The normalized spacial score (nSPS) is 11.0. The molecule has 0 N–H and O–H groups in total. The summed E-state index contributed by atoms with van der Waals surface area (Å²) < 4.78 is 9.98. The molecule has 152 valence electrons. The number of nitrogens with zero attached hydrogens (tertiary/aromatic N) is 3. The molecule has 0 saturated heterocycles. The maximum Gasteiger partial charge on any atom is 0.340 e. The molecule has 0 aliphatic rings. The van der Waals surface area contributed by atoms with Crippen LogP contribution in [0.15, 0.2) is 57.7 Å². The maximum absolute atomic E-state index is 12.7. The zero-order valence-corrected chi connectivity index (χ0v) is 18.0. The summed E-state index contributed by atoms with van der Waals surface area (Å²) in [5.74, 6) is 1.06. The lowest BCUT2D eigenvalue weighted by atomic mass is 10.1. The highest BCUT2D eigenvalue weighted by atomic mass is 35.5. The third-order valence-electron chi connectivity index (χ3n) is 5.65. The zero-order chi connectivity index (χ0) is 19.8. The van der Waals surface area contributed by atoms with Crippen molar-refractivity contribution >= 4 is 27.7 Å². The van der Waals surface area contributed by atoms with Crippen LogP contribution in [0.2, 0.25) is 0 Å². The van der Waals surface area contributed by atoms with Gasteiger partial charge >= 0.3 is 5.63 Å². The van der Waals surface area contributed by atoms with Crippen LogP contribution in [-0.2, 0) is 20.5 Å². The quantitative estimate of drug-likeness (QED) is 0.356. The Balaban J connectivity index is 0.00000240. The van der Waals surface area contributed by atoms with Crippen LogP contribution in [0.3, 0.4) is 0 Å². The Bertz CT molecular complexity index is 1180. The summed E-state index contributed by atoms with van der Waals surface area (Å²) in [6.07, 6.45) is 0.526. The molecule has 29 heavy (non-hydrogen) atoms. The van der Waals surface area contributed by atoms with Gasteiger partial charge in [0.1, 0.15) is 5.58 Å². The average molecular weight is 412 g/mol. The first-order valence-corrected chi connectivity index (χ1v) is 9.77. The van der Waals surface area contributed by atoms with Crippen molar-refractivity contribution in [3.63, 3.8) is 0 Å². The Kier molecular flexibility index (Phi) is 5.99. The molecule has 0 aliphatic carbocycles. The van der Waals surface area contributed by atoms with E-state index in [-0.39, 0.29) is 18.0 Å². The highest BCUT2D eigenvalue weighted by molar-refractivity contribution is 5.81. The third-order valence-corrected chi connectivity index (χ3v) is 5.65. The fraction of sp³-hybridized carbons (Fsp3) is 0.304. The van der Waals surface area contributed by atoms with Gasteiger partial charge in [0.05, 0.1) is 26.1 Å². The Hall–Kier alpha value is -2.79. The summed E-state index contributed by atoms with van der Waals surface area (Å²) in [5, 5.41) is 0.951. The van der Waals surface area contributed by atoms with E-state index in [9.17, 15) is 4.79 Å². The van der Waals surface area contributed by atoms with E-state index in [1.54, 1.807) is 0 Å². The fourth-order valence-electron chi connectivity index (χ4n) is 3.99. The molecular formula is C23H26ClN3O2. The molecule has 0 spiro atoms. The Morgan fingerprint density at radius 3 is 2.48 bits per heavy atom. The number of para-hydroxylation sites is 2. The lowest BCUT2D eigenvalue weighted by molar-refractivity contribution is -0.653. The highest BCUT2D eigenvalue weighted by Crippen LogP contribution is 2.23. The minimum atomic E-state index is -0.269. The molecule has 5 nitrogen and oxygen atoms in total. The monoisotopic (exact) mass is 411 g/mol. The molecule has 6 heteroatoms. The first-order valence-electron chi connectivity index (χ1n) is 9.77. The topological polar surface area (TPSA) is 42.3 Å². The fourth-order valence-corrected chi connectivity index (χ4v) is 3.99. The smallest absolute Gasteiger partial charge is 0.340 e. The van der Waals surface area contributed by atoms with Gasteiger partial charge in [0.25, 0.3) is 5.82 Å². The minimum Gasteiger partial charge on any atom is -1.00 e. The average Bonchev–Trinajstić information content (AvgIpc) is 2.94. The van der Waals surface area contributed by atoms with Crippen molar-refractivity contribution in [1.82, 2.24) is 4.57 Å². The van der Waals surface area contributed by atoms with Crippen molar-refractivity contribution in [2.45, 2.75) is 20.3 Å². The number of benzene rings is 2. The summed E-state index contributed by atoms with van der Waals surface area (Å²) >= 11 is 0. The highest BCUT2D eigenvalue weighted by Gasteiger charge is 2.21. The Labute approximate surface area is 176 Å². The van der Waals surface area contributed by atoms with Crippen molar-refractivity contribution in [1.29, 1.82) is 0 Å². The summed E-state index contributed by atoms with van der Waals surface area (Å²) in [7, 11) is 4.08. The summed E-state index contributed by atoms with van der Waals surface area (Å²) in [4.78, 5) is 14.9.